The van der Waals surface area contributed by atoms with Crippen LogP contribution >= 0.6 is 23.5 Å². The van der Waals surface area contributed by atoms with E-state index in [0.29, 0.717) is 23.7 Å². The molecular formula is C39H45N5O10S2. The van der Waals surface area contributed by atoms with E-state index in [9.17, 15) is 29.3 Å². The number of nitrogens with zero attached hydrogens (tertiary/aromatic N) is 3. The number of rotatable bonds is 16. The minimum absolute atomic E-state index is 0.0498. The first-order valence-electron chi connectivity index (χ1n) is 18.4. The van der Waals surface area contributed by atoms with Crippen molar-refractivity contribution in [3.8, 4) is 23.0 Å². The quantitative estimate of drug-likeness (QED) is 0.108. The van der Waals surface area contributed by atoms with Crippen molar-refractivity contribution >= 4 is 58.5 Å². The second-order valence-electron chi connectivity index (χ2n) is 13.3. The van der Waals surface area contributed by atoms with Crippen molar-refractivity contribution in [3.05, 3.63) is 81.4 Å². The summed E-state index contributed by atoms with van der Waals surface area (Å²) < 4.78 is 22.9. The number of ether oxygens (including phenoxy) is 4. The van der Waals surface area contributed by atoms with Crippen LogP contribution in [-0.2, 0) is 16.2 Å². The summed E-state index contributed by atoms with van der Waals surface area (Å²) in [5, 5.41) is 17.9. The van der Waals surface area contributed by atoms with E-state index in [1.165, 1.54) is 31.3 Å². The van der Waals surface area contributed by atoms with Gasteiger partial charge in [-0.15, -0.1) is 23.5 Å². The number of benzene rings is 3. The third kappa shape index (κ3) is 8.78. The summed E-state index contributed by atoms with van der Waals surface area (Å²) in [5.41, 5.74) is 0.865. The number of nitro groups is 1. The SMILES string of the molecule is CCSC(SCC)[C@@H]1CCCN1C(=O)c1cc(OC)c(OCC(=O)N[C@H]2C[C@H]3C(=O)Nc4cc(OCc5ccccc5)c(OC)cc4C(=O)N3C2)cc1[N+](=O)[O-]. The Morgan fingerprint density at radius 3 is 2.36 bits per heavy atom. The molecule has 0 aliphatic carbocycles. The predicted octanol–water partition coefficient (Wildman–Crippen LogP) is 5.36. The fraction of sp³-hybridized carbons (Fsp3) is 0.436. The monoisotopic (exact) mass is 807 g/mol. The Kier molecular flexibility index (Phi) is 13.2. The lowest BCUT2D eigenvalue weighted by atomic mass is 10.1. The summed E-state index contributed by atoms with van der Waals surface area (Å²) in [6, 6.07) is 13.5. The predicted molar refractivity (Wildman–Crippen MR) is 213 cm³/mol. The standard InChI is InChI=1S/C39H45N5O10S2/c1-5-55-39(56-6-2)28-13-10-14-42(28)38(48)26-17-32(52-4)34(19-29(26)44(49)50)54-22-35(45)40-24-15-30-36(46)41-27-18-33(53-21-23-11-8-7-9-12-23)31(51-3)16-25(27)37(47)43(30)20-24/h7-9,11-12,16-19,24,28,30,39H,5-6,10,13-15,20-22H2,1-4H3,(H,40,45)(H,41,46)/t24-,28-,30-/m0/s1. The third-order valence-electron chi connectivity index (χ3n) is 9.86. The zero-order chi connectivity index (χ0) is 39.9. The number of nitro benzene ring substituents is 1. The Morgan fingerprint density at radius 2 is 1.68 bits per heavy atom. The molecule has 3 aliphatic rings. The van der Waals surface area contributed by atoms with Gasteiger partial charge < -0.3 is 39.4 Å². The molecule has 3 aromatic rings. The minimum Gasteiger partial charge on any atom is -0.493 e. The van der Waals surface area contributed by atoms with Gasteiger partial charge in [-0.2, -0.15) is 0 Å². The zero-order valence-electron chi connectivity index (χ0n) is 31.6. The Hall–Kier alpha value is -5.16. The van der Waals surface area contributed by atoms with Gasteiger partial charge in [-0.25, -0.2) is 0 Å². The van der Waals surface area contributed by atoms with Gasteiger partial charge in [0.1, 0.15) is 18.2 Å². The van der Waals surface area contributed by atoms with Crippen LogP contribution in [0.2, 0.25) is 0 Å². The molecule has 4 amide bonds. The Morgan fingerprint density at radius 1 is 0.982 bits per heavy atom. The van der Waals surface area contributed by atoms with Crippen LogP contribution in [0.25, 0.3) is 0 Å². The van der Waals surface area contributed by atoms with Crippen molar-refractivity contribution < 1.29 is 43.0 Å². The topological polar surface area (TPSA) is 179 Å². The molecule has 3 atom stereocenters. The van der Waals surface area contributed by atoms with E-state index in [1.807, 2.05) is 30.3 Å². The van der Waals surface area contributed by atoms with E-state index in [-0.39, 0.29) is 52.8 Å². The number of anilines is 1. The first-order chi connectivity index (χ1) is 27.1. The fourth-order valence-electron chi connectivity index (χ4n) is 7.27. The van der Waals surface area contributed by atoms with Gasteiger partial charge in [0.2, 0.25) is 5.91 Å². The van der Waals surface area contributed by atoms with E-state index in [0.717, 1.165) is 36.0 Å². The third-order valence-corrected chi connectivity index (χ3v) is 12.6. The van der Waals surface area contributed by atoms with E-state index < -0.39 is 52.9 Å². The fourth-order valence-corrected chi connectivity index (χ4v) is 10.1. The summed E-state index contributed by atoms with van der Waals surface area (Å²) in [7, 11) is 2.81. The summed E-state index contributed by atoms with van der Waals surface area (Å²) in [4.78, 5) is 69.0. The Balaban J connectivity index is 1.11. The van der Waals surface area contributed by atoms with Gasteiger partial charge in [-0.3, -0.25) is 29.3 Å². The van der Waals surface area contributed by atoms with Gasteiger partial charge in [0.15, 0.2) is 29.6 Å². The van der Waals surface area contributed by atoms with Crippen LogP contribution in [0, 0.1) is 10.1 Å². The molecular weight excluding hydrogens is 763 g/mol. The number of thioether (sulfide) groups is 2. The molecule has 17 heteroatoms. The molecule has 0 aromatic heterocycles. The second-order valence-corrected chi connectivity index (χ2v) is 16.5. The smallest absolute Gasteiger partial charge is 0.286 e. The average Bonchev–Trinajstić information content (AvgIpc) is 3.85. The number of carbonyl (C=O) groups excluding carboxylic acids is 4. The van der Waals surface area contributed by atoms with Gasteiger partial charge in [0.25, 0.3) is 23.4 Å². The van der Waals surface area contributed by atoms with Crippen LogP contribution in [0.3, 0.4) is 0 Å². The highest BCUT2D eigenvalue weighted by Gasteiger charge is 2.44. The van der Waals surface area contributed by atoms with Crippen LogP contribution in [0.4, 0.5) is 11.4 Å². The molecule has 298 valence electrons. The van der Waals surface area contributed by atoms with Gasteiger partial charge in [-0.1, -0.05) is 44.2 Å². The molecule has 2 N–H and O–H groups in total. The highest BCUT2D eigenvalue weighted by molar-refractivity contribution is 8.17. The number of methoxy groups -OCH3 is 2. The first kappa shape index (κ1) is 40.5. The molecule has 56 heavy (non-hydrogen) atoms. The van der Waals surface area contributed by atoms with E-state index in [2.05, 4.69) is 24.5 Å². The van der Waals surface area contributed by atoms with Gasteiger partial charge in [0.05, 0.1) is 47.1 Å². The molecule has 15 nitrogen and oxygen atoms in total. The van der Waals surface area contributed by atoms with Crippen molar-refractivity contribution in [1.82, 2.24) is 15.1 Å². The van der Waals surface area contributed by atoms with E-state index in [1.54, 1.807) is 34.5 Å². The second kappa shape index (κ2) is 18.2. The van der Waals surface area contributed by atoms with Crippen molar-refractivity contribution in [2.24, 2.45) is 0 Å². The van der Waals surface area contributed by atoms with Crippen LogP contribution < -0.4 is 29.6 Å². The molecule has 2 fully saturated rings. The number of hydrogen-bond acceptors (Lipinski definition) is 12. The molecule has 3 heterocycles. The largest absolute Gasteiger partial charge is 0.493 e. The number of likely N-dealkylation sites (tertiary alicyclic amines) is 1. The average molecular weight is 808 g/mol. The Labute approximate surface area is 333 Å². The van der Waals surface area contributed by atoms with Gasteiger partial charge in [-0.05, 0) is 42.4 Å². The number of amides is 4. The lowest BCUT2D eigenvalue weighted by Crippen LogP contribution is -2.41. The number of hydrogen-bond donors (Lipinski definition) is 2. The van der Waals surface area contributed by atoms with E-state index >= 15 is 0 Å². The summed E-state index contributed by atoms with van der Waals surface area (Å²) in [6.45, 7) is 4.38. The molecule has 3 aromatic carbocycles. The number of nitrogens with one attached hydrogen (secondary N) is 2. The number of fused-ring (bicyclic) bond motifs is 2. The van der Waals surface area contributed by atoms with Crippen molar-refractivity contribution in [2.45, 2.75) is 62.4 Å². The van der Waals surface area contributed by atoms with Crippen LogP contribution in [0.1, 0.15) is 59.4 Å². The lowest BCUT2D eigenvalue weighted by molar-refractivity contribution is -0.385. The van der Waals surface area contributed by atoms with Gasteiger partial charge >= 0.3 is 0 Å². The van der Waals surface area contributed by atoms with Crippen LogP contribution in [-0.4, -0.2) is 106 Å². The van der Waals surface area contributed by atoms with Crippen molar-refractivity contribution in [3.63, 3.8) is 0 Å². The minimum atomic E-state index is -0.861. The van der Waals surface area contributed by atoms with Crippen molar-refractivity contribution in [2.75, 3.05) is 50.7 Å². The van der Waals surface area contributed by atoms with E-state index in [4.69, 9.17) is 18.9 Å². The Bertz CT molecular complexity index is 1960. The molecule has 0 radical (unpaired) electrons. The van der Waals surface area contributed by atoms with Crippen LogP contribution in [0.15, 0.2) is 54.6 Å². The maximum atomic E-state index is 13.9. The molecule has 0 bridgehead atoms. The summed E-state index contributed by atoms with van der Waals surface area (Å²) >= 11 is 3.53. The maximum Gasteiger partial charge on any atom is 0.286 e. The molecule has 6 rings (SSSR count). The number of carbonyl (C=O) groups is 4. The maximum absolute atomic E-state index is 13.9. The molecule has 0 saturated carbocycles. The molecule has 0 unspecified atom stereocenters. The lowest BCUT2D eigenvalue weighted by Gasteiger charge is -2.31. The first-order valence-corrected chi connectivity index (χ1v) is 20.5. The summed E-state index contributed by atoms with van der Waals surface area (Å²) in [5.74, 6) is 0.551. The molecule has 2 saturated heterocycles. The molecule has 3 aliphatic heterocycles. The normalized spacial score (nSPS) is 18.8. The molecule has 0 spiro atoms. The zero-order valence-corrected chi connectivity index (χ0v) is 33.2. The van der Waals surface area contributed by atoms with Gasteiger partial charge in [0, 0.05) is 31.3 Å². The van der Waals surface area contributed by atoms with Crippen LogP contribution in [0.5, 0.6) is 23.0 Å². The van der Waals surface area contributed by atoms with Crippen molar-refractivity contribution in [1.29, 1.82) is 0 Å². The highest BCUT2D eigenvalue weighted by atomic mass is 32.2. The highest BCUT2D eigenvalue weighted by Crippen LogP contribution is 2.40. The summed E-state index contributed by atoms with van der Waals surface area (Å²) in [6.07, 6.45) is 1.75.